The molecule has 0 unspecified atom stereocenters. The third-order valence-corrected chi connectivity index (χ3v) is 4.23. The third kappa shape index (κ3) is 5.22. The summed E-state index contributed by atoms with van der Waals surface area (Å²) in [5.74, 6) is -1.21. The summed E-state index contributed by atoms with van der Waals surface area (Å²) >= 11 is 5.93. The maximum absolute atomic E-state index is 12.6. The van der Waals surface area contributed by atoms with Crippen LogP contribution in [0.5, 0.6) is 0 Å². The number of nitrogens with one attached hydrogen (secondary N) is 1. The van der Waals surface area contributed by atoms with Gasteiger partial charge in [0.15, 0.2) is 0 Å². The van der Waals surface area contributed by atoms with Crippen molar-refractivity contribution >= 4 is 29.3 Å². The summed E-state index contributed by atoms with van der Waals surface area (Å²) in [5.41, 5.74) is -0.908. The van der Waals surface area contributed by atoms with Gasteiger partial charge in [-0.2, -0.15) is 13.2 Å². The number of hydrogen-bond acceptors (Lipinski definition) is 4. The van der Waals surface area contributed by atoms with Crippen LogP contribution in [0.1, 0.15) is 24.8 Å². The van der Waals surface area contributed by atoms with Gasteiger partial charge in [-0.05, 0) is 18.9 Å². The lowest BCUT2D eigenvalue weighted by molar-refractivity contribution is -0.138. The number of amides is 1. The Balaban J connectivity index is 1.92. The van der Waals surface area contributed by atoms with Crippen molar-refractivity contribution < 1.29 is 27.9 Å². The van der Waals surface area contributed by atoms with Crippen LogP contribution in [0.4, 0.5) is 19.0 Å². The number of rotatable bonds is 5. The smallest absolute Gasteiger partial charge is 0.417 e. The Labute approximate surface area is 147 Å². The van der Waals surface area contributed by atoms with Crippen molar-refractivity contribution in [1.29, 1.82) is 0 Å². The maximum atomic E-state index is 12.6. The molecule has 1 aliphatic rings. The van der Waals surface area contributed by atoms with Gasteiger partial charge in [-0.3, -0.25) is 9.59 Å². The molecule has 1 fully saturated rings. The number of anilines is 1. The molecule has 0 radical (unpaired) electrons. The molecular formula is C15H17ClF3N3O3. The molecule has 0 aliphatic carbocycles. The van der Waals surface area contributed by atoms with E-state index in [9.17, 15) is 22.8 Å². The molecule has 138 valence electrons. The van der Waals surface area contributed by atoms with E-state index in [-0.39, 0.29) is 35.6 Å². The van der Waals surface area contributed by atoms with Gasteiger partial charge in [0.1, 0.15) is 5.82 Å². The minimum absolute atomic E-state index is 0.0701. The molecule has 2 rings (SSSR count). The van der Waals surface area contributed by atoms with Crippen molar-refractivity contribution in [2.45, 2.75) is 25.4 Å². The number of alkyl halides is 3. The van der Waals surface area contributed by atoms with Crippen LogP contribution < -0.4 is 10.2 Å². The van der Waals surface area contributed by atoms with Gasteiger partial charge >= 0.3 is 12.1 Å². The third-order valence-electron chi connectivity index (χ3n) is 3.95. The second-order valence-electron chi connectivity index (χ2n) is 5.72. The monoisotopic (exact) mass is 379 g/mol. The molecule has 1 saturated heterocycles. The van der Waals surface area contributed by atoms with E-state index in [0.717, 1.165) is 12.3 Å². The van der Waals surface area contributed by atoms with Crippen LogP contribution >= 0.6 is 11.6 Å². The highest BCUT2D eigenvalue weighted by Crippen LogP contribution is 2.34. The van der Waals surface area contributed by atoms with Gasteiger partial charge in [-0.1, -0.05) is 11.6 Å². The van der Waals surface area contributed by atoms with Gasteiger partial charge < -0.3 is 15.3 Å². The standard InChI is InChI=1S/C15H17ClF3N3O3/c16-11-7-10(15(17,18)19)8-21-13(11)22-5-2-9(3-6-22)14(25)20-4-1-12(23)24/h7-9H,1-6H2,(H,20,25)(H,23,24). The van der Waals surface area contributed by atoms with Crippen molar-refractivity contribution in [3.05, 3.63) is 22.8 Å². The number of nitrogens with zero attached hydrogens (tertiary/aromatic N) is 2. The minimum atomic E-state index is -4.50. The quantitative estimate of drug-likeness (QED) is 0.821. The van der Waals surface area contributed by atoms with Crippen molar-refractivity contribution in [2.24, 2.45) is 5.92 Å². The Hall–Kier alpha value is -2.03. The Morgan fingerprint density at radius 2 is 2.00 bits per heavy atom. The lowest BCUT2D eigenvalue weighted by Gasteiger charge is -2.32. The molecule has 6 nitrogen and oxygen atoms in total. The lowest BCUT2D eigenvalue weighted by Crippen LogP contribution is -2.41. The molecule has 2 N–H and O–H groups in total. The molecule has 0 atom stereocenters. The summed E-state index contributed by atoms with van der Waals surface area (Å²) in [6.07, 6.45) is -2.94. The zero-order valence-electron chi connectivity index (χ0n) is 13.1. The predicted octanol–water partition coefficient (Wildman–Crippen LogP) is 2.56. The van der Waals surface area contributed by atoms with E-state index in [2.05, 4.69) is 10.3 Å². The lowest BCUT2D eigenvalue weighted by atomic mass is 9.96. The number of hydrogen-bond donors (Lipinski definition) is 2. The first kappa shape index (κ1) is 19.3. The van der Waals surface area contributed by atoms with Crippen molar-refractivity contribution in [3.8, 4) is 0 Å². The number of aliphatic carboxylic acids is 1. The average molecular weight is 380 g/mol. The number of pyridine rings is 1. The van der Waals surface area contributed by atoms with Crippen LogP contribution in [-0.2, 0) is 15.8 Å². The second-order valence-corrected chi connectivity index (χ2v) is 6.13. The SMILES string of the molecule is O=C(O)CCNC(=O)C1CCN(c2ncc(C(F)(F)F)cc2Cl)CC1. The zero-order chi connectivity index (χ0) is 18.6. The molecule has 10 heteroatoms. The highest BCUT2D eigenvalue weighted by molar-refractivity contribution is 6.33. The van der Waals surface area contributed by atoms with E-state index < -0.39 is 17.7 Å². The number of carboxylic acids is 1. The Kier molecular flexibility index (Phi) is 6.10. The summed E-state index contributed by atoms with van der Waals surface area (Å²) in [6, 6.07) is 0.842. The minimum Gasteiger partial charge on any atom is -0.481 e. The Morgan fingerprint density at radius 3 is 2.52 bits per heavy atom. The number of piperidine rings is 1. The van der Waals surface area contributed by atoms with Crippen LogP contribution in [0.3, 0.4) is 0 Å². The molecule has 1 aromatic heterocycles. The normalized spacial score (nSPS) is 15.9. The summed E-state index contributed by atoms with van der Waals surface area (Å²) in [6.45, 7) is 0.922. The van der Waals surface area contributed by atoms with Gasteiger partial charge in [0.2, 0.25) is 5.91 Å². The van der Waals surface area contributed by atoms with Crippen LogP contribution in [-0.4, -0.2) is 41.6 Å². The van der Waals surface area contributed by atoms with Crippen molar-refractivity contribution in [2.75, 3.05) is 24.5 Å². The average Bonchev–Trinajstić information content (AvgIpc) is 2.53. The molecule has 1 amide bonds. The highest BCUT2D eigenvalue weighted by Gasteiger charge is 2.33. The van der Waals surface area contributed by atoms with Gasteiger partial charge in [-0.25, -0.2) is 4.98 Å². The number of aromatic nitrogens is 1. The van der Waals surface area contributed by atoms with Gasteiger partial charge in [0.05, 0.1) is 17.0 Å². The molecular weight excluding hydrogens is 363 g/mol. The molecule has 1 aromatic rings. The number of carboxylic acid groups (broad SMARTS) is 1. The second kappa shape index (κ2) is 7.90. The van der Waals surface area contributed by atoms with Crippen LogP contribution in [0.25, 0.3) is 0 Å². The summed E-state index contributed by atoms with van der Waals surface area (Å²) in [5, 5.41) is 11.0. The summed E-state index contributed by atoms with van der Waals surface area (Å²) < 4.78 is 37.9. The van der Waals surface area contributed by atoms with E-state index in [1.165, 1.54) is 0 Å². The van der Waals surface area contributed by atoms with Gasteiger partial charge in [-0.15, -0.1) is 0 Å². The Morgan fingerprint density at radius 1 is 1.36 bits per heavy atom. The molecule has 0 spiro atoms. The van der Waals surface area contributed by atoms with Gasteiger partial charge in [0, 0.05) is 31.7 Å². The van der Waals surface area contributed by atoms with Crippen molar-refractivity contribution in [1.82, 2.24) is 10.3 Å². The topological polar surface area (TPSA) is 82.5 Å². The first-order valence-electron chi connectivity index (χ1n) is 7.65. The van der Waals surface area contributed by atoms with Crippen LogP contribution in [0.2, 0.25) is 5.02 Å². The first-order chi connectivity index (χ1) is 11.7. The van der Waals surface area contributed by atoms with Crippen molar-refractivity contribution in [3.63, 3.8) is 0 Å². The fourth-order valence-corrected chi connectivity index (χ4v) is 2.89. The number of carbonyl (C=O) groups is 2. The zero-order valence-corrected chi connectivity index (χ0v) is 13.9. The van der Waals surface area contributed by atoms with E-state index in [4.69, 9.17) is 16.7 Å². The fourth-order valence-electron chi connectivity index (χ4n) is 2.61. The number of carbonyl (C=O) groups excluding carboxylic acids is 1. The van der Waals surface area contributed by atoms with Crippen LogP contribution in [0, 0.1) is 5.92 Å². The molecule has 0 aromatic carbocycles. The molecule has 0 saturated carbocycles. The predicted molar refractivity (Wildman–Crippen MR) is 84.4 cm³/mol. The molecule has 0 bridgehead atoms. The van der Waals surface area contributed by atoms with Crippen LogP contribution in [0.15, 0.2) is 12.3 Å². The molecule has 2 heterocycles. The largest absolute Gasteiger partial charge is 0.481 e. The highest BCUT2D eigenvalue weighted by atomic mass is 35.5. The van der Waals surface area contributed by atoms with E-state index in [1.807, 2.05) is 0 Å². The summed E-state index contributed by atoms with van der Waals surface area (Å²) in [4.78, 5) is 27.9. The van der Waals surface area contributed by atoms with E-state index >= 15 is 0 Å². The maximum Gasteiger partial charge on any atom is 0.417 e. The Bertz CT molecular complexity index is 647. The summed E-state index contributed by atoms with van der Waals surface area (Å²) in [7, 11) is 0. The van der Waals surface area contributed by atoms with E-state index in [1.54, 1.807) is 4.90 Å². The van der Waals surface area contributed by atoms with Gasteiger partial charge in [0.25, 0.3) is 0 Å². The molecule has 1 aliphatic heterocycles. The fraction of sp³-hybridized carbons (Fsp3) is 0.533. The first-order valence-corrected chi connectivity index (χ1v) is 8.03. The van der Waals surface area contributed by atoms with E-state index in [0.29, 0.717) is 25.9 Å². The number of halogens is 4. The molecule has 25 heavy (non-hydrogen) atoms.